The summed E-state index contributed by atoms with van der Waals surface area (Å²) in [5, 5.41) is 36.3. The van der Waals surface area contributed by atoms with E-state index < -0.39 is 30.3 Å². The van der Waals surface area contributed by atoms with Crippen molar-refractivity contribution in [2.24, 2.45) is 0 Å². The van der Waals surface area contributed by atoms with E-state index in [1.807, 2.05) is 6.92 Å². The van der Waals surface area contributed by atoms with Crippen molar-refractivity contribution < 1.29 is 20.2 Å². The summed E-state index contributed by atoms with van der Waals surface area (Å²) >= 11 is 3.15. The summed E-state index contributed by atoms with van der Waals surface area (Å²) < 4.78 is 0. The number of nitro groups is 1. The Kier molecular flexibility index (Phi) is 9.80. The van der Waals surface area contributed by atoms with Crippen LogP contribution in [0.3, 0.4) is 0 Å². The molecule has 0 aromatic carbocycles. The molecule has 0 amide bonds. The highest BCUT2D eigenvalue weighted by Crippen LogP contribution is 2.05. The van der Waals surface area contributed by atoms with Crippen LogP contribution in [0.4, 0.5) is 0 Å². The first kappa shape index (κ1) is 15.2. The van der Waals surface area contributed by atoms with Crippen LogP contribution in [-0.2, 0) is 0 Å². The average molecular weight is 260 g/mol. The highest BCUT2D eigenvalue weighted by molar-refractivity contribution is 9.09. The monoisotopic (exact) mass is 259 g/mol. The number of halogens is 1. The Morgan fingerprint density at radius 1 is 1.31 bits per heavy atom. The van der Waals surface area contributed by atoms with E-state index in [2.05, 4.69) is 15.9 Å². The fourth-order valence-corrected chi connectivity index (χ4v) is 0.323. The molecule has 13 heavy (non-hydrogen) atoms. The minimum atomic E-state index is -1.99. The normalized spacial score (nSPS) is 10.2. The molecule has 0 fully saturated rings. The molecular weight excluding hydrogens is 246 g/mol. The molecule has 0 spiro atoms. The van der Waals surface area contributed by atoms with E-state index in [4.69, 9.17) is 15.3 Å². The van der Waals surface area contributed by atoms with Crippen LogP contribution in [-0.4, -0.2) is 50.9 Å². The molecule has 7 heteroatoms. The van der Waals surface area contributed by atoms with Gasteiger partial charge in [0.25, 0.3) is 5.54 Å². The molecule has 3 N–H and O–H groups in total. The number of alkyl halides is 1. The molecule has 0 aliphatic rings. The van der Waals surface area contributed by atoms with E-state index in [1.165, 1.54) is 0 Å². The predicted octanol–water partition coefficient (Wildman–Crippen LogP) is -0.620. The molecule has 0 bridgehead atoms. The van der Waals surface area contributed by atoms with Crippen LogP contribution >= 0.6 is 15.9 Å². The van der Waals surface area contributed by atoms with Crippen LogP contribution in [0.5, 0.6) is 0 Å². The lowest BCUT2D eigenvalue weighted by Gasteiger charge is -2.16. The Hall–Kier alpha value is -0.240. The van der Waals surface area contributed by atoms with Crippen molar-refractivity contribution in [1.82, 2.24) is 0 Å². The van der Waals surface area contributed by atoms with Gasteiger partial charge in [0.2, 0.25) is 0 Å². The molecular formula is C6H14BrNO5. The topological polar surface area (TPSA) is 104 Å². The van der Waals surface area contributed by atoms with Gasteiger partial charge in [0, 0.05) is 10.3 Å². The van der Waals surface area contributed by atoms with Gasteiger partial charge in [-0.05, 0) is 0 Å². The van der Waals surface area contributed by atoms with Crippen LogP contribution in [0.2, 0.25) is 0 Å². The van der Waals surface area contributed by atoms with Gasteiger partial charge < -0.3 is 15.3 Å². The first-order chi connectivity index (χ1) is 6.04. The second-order valence-electron chi connectivity index (χ2n) is 2.22. The van der Waals surface area contributed by atoms with Crippen LogP contribution in [0.25, 0.3) is 0 Å². The van der Waals surface area contributed by atoms with Crippen molar-refractivity contribution in [1.29, 1.82) is 0 Å². The lowest BCUT2D eigenvalue weighted by molar-refractivity contribution is -0.580. The maximum absolute atomic E-state index is 10.0. The Morgan fingerprint density at radius 2 is 1.54 bits per heavy atom. The first-order valence-corrected chi connectivity index (χ1v) is 4.69. The quantitative estimate of drug-likeness (QED) is 0.355. The van der Waals surface area contributed by atoms with E-state index in [1.54, 1.807) is 0 Å². The Balaban J connectivity index is 0. The van der Waals surface area contributed by atoms with Crippen molar-refractivity contribution in [3.05, 3.63) is 10.1 Å². The molecule has 6 nitrogen and oxygen atoms in total. The zero-order chi connectivity index (χ0) is 10.9. The van der Waals surface area contributed by atoms with E-state index in [0.29, 0.717) is 0 Å². The Bertz CT molecular complexity index is 131. The highest BCUT2D eigenvalue weighted by Gasteiger charge is 2.41. The molecule has 0 saturated carbocycles. The second kappa shape index (κ2) is 8.36. The van der Waals surface area contributed by atoms with Gasteiger partial charge in [0.05, 0.1) is 0 Å². The van der Waals surface area contributed by atoms with Gasteiger partial charge >= 0.3 is 0 Å². The minimum absolute atomic E-state index is 0.868. The SMILES string of the molecule is CCBr.O=[N+]([O-])C(CO)(CO)CO. The van der Waals surface area contributed by atoms with Crippen molar-refractivity contribution in [2.45, 2.75) is 12.5 Å². The molecule has 0 heterocycles. The number of hydrogen-bond donors (Lipinski definition) is 3. The third kappa shape index (κ3) is 5.14. The van der Waals surface area contributed by atoms with Crippen molar-refractivity contribution >= 4 is 15.9 Å². The largest absolute Gasteiger partial charge is 0.389 e. The highest BCUT2D eigenvalue weighted by atomic mass is 79.9. The smallest absolute Gasteiger partial charge is 0.289 e. The Morgan fingerprint density at radius 3 is 1.54 bits per heavy atom. The maximum Gasteiger partial charge on any atom is 0.289 e. The predicted molar refractivity (Wildman–Crippen MR) is 50.5 cm³/mol. The molecule has 0 saturated heterocycles. The molecule has 0 atom stereocenters. The molecule has 0 aromatic heterocycles. The van der Waals surface area contributed by atoms with Crippen molar-refractivity contribution in [3.63, 3.8) is 0 Å². The molecule has 0 aliphatic heterocycles. The average Bonchev–Trinajstić information content (AvgIpc) is 2.09. The van der Waals surface area contributed by atoms with Gasteiger partial charge in [-0.15, -0.1) is 0 Å². The van der Waals surface area contributed by atoms with Crippen molar-refractivity contribution in [3.8, 4) is 0 Å². The van der Waals surface area contributed by atoms with E-state index in [0.717, 1.165) is 5.33 Å². The second-order valence-corrected chi connectivity index (χ2v) is 3.34. The molecule has 0 radical (unpaired) electrons. The standard InChI is InChI=1S/C4H9NO5.C2H5Br/c6-1-4(2-7,3-8)5(9)10;1-2-3/h6-8H,1-3H2;2H2,1H3. The van der Waals surface area contributed by atoms with Crippen LogP contribution in [0, 0.1) is 10.1 Å². The van der Waals surface area contributed by atoms with Gasteiger partial charge in [-0.25, -0.2) is 0 Å². The lowest BCUT2D eigenvalue weighted by atomic mass is 10.1. The fraction of sp³-hybridized carbons (Fsp3) is 1.00. The zero-order valence-corrected chi connectivity index (χ0v) is 8.90. The summed E-state index contributed by atoms with van der Waals surface area (Å²) in [6.45, 7) is -0.562. The van der Waals surface area contributed by atoms with Gasteiger partial charge in [-0.1, -0.05) is 22.9 Å². The maximum atomic E-state index is 10.0. The van der Waals surface area contributed by atoms with Crippen LogP contribution in [0.15, 0.2) is 0 Å². The first-order valence-electron chi connectivity index (χ1n) is 3.57. The number of rotatable bonds is 4. The number of nitrogens with zero attached hydrogens (tertiary/aromatic N) is 1. The third-order valence-corrected chi connectivity index (χ3v) is 1.27. The summed E-state index contributed by atoms with van der Waals surface area (Å²) in [7, 11) is 0. The summed E-state index contributed by atoms with van der Waals surface area (Å²) in [5.74, 6) is 0. The number of aliphatic hydroxyl groups is 3. The van der Waals surface area contributed by atoms with E-state index in [9.17, 15) is 10.1 Å². The van der Waals surface area contributed by atoms with Gasteiger partial charge in [0.15, 0.2) is 0 Å². The van der Waals surface area contributed by atoms with Crippen molar-refractivity contribution in [2.75, 3.05) is 25.2 Å². The molecule has 0 aliphatic carbocycles. The van der Waals surface area contributed by atoms with Gasteiger partial charge in [0.1, 0.15) is 19.8 Å². The zero-order valence-electron chi connectivity index (χ0n) is 7.31. The molecule has 0 rings (SSSR count). The van der Waals surface area contributed by atoms with Crippen LogP contribution < -0.4 is 0 Å². The molecule has 0 aromatic rings. The van der Waals surface area contributed by atoms with Crippen LogP contribution in [0.1, 0.15) is 6.92 Å². The minimum Gasteiger partial charge on any atom is -0.389 e. The number of aliphatic hydroxyl groups excluding tert-OH is 3. The number of hydrogen-bond acceptors (Lipinski definition) is 5. The lowest BCUT2D eigenvalue weighted by Crippen LogP contribution is -2.49. The summed E-state index contributed by atoms with van der Waals surface area (Å²) in [5.41, 5.74) is -1.99. The van der Waals surface area contributed by atoms with Gasteiger partial charge in [-0.3, -0.25) is 10.1 Å². The third-order valence-electron chi connectivity index (χ3n) is 1.27. The summed E-state index contributed by atoms with van der Waals surface area (Å²) in [6.07, 6.45) is 0. The summed E-state index contributed by atoms with van der Waals surface area (Å²) in [6, 6.07) is 0. The van der Waals surface area contributed by atoms with Gasteiger partial charge in [-0.2, -0.15) is 0 Å². The molecule has 0 unspecified atom stereocenters. The summed E-state index contributed by atoms with van der Waals surface area (Å²) in [4.78, 5) is 9.14. The fourth-order valence-electron chi connectivity index (χ4n) is 0.323. The van der Waals surface area contributed by atoms with E-state index in [-0.39, 0.29) is 0 Å². The van der Waals surface area contributed by atoms with E-state index >= 15 is 0 Å². The molecule has 80 valence electrons. The Labute approximate surface area is 84.5 Å².